The fraction of sp³-hybridized carbons (Fsp3) is 0.375. The number of hydrogen-bond acceptors (Lipinski definition) is 4. The summed E-state index contributed by atoms with van der Waals surface area (Å²) in [5, 5.41) is 17.8. The molecule has 1 aliphatic heterocycles. The number of phenolic OH excluding ortho intramolecular Hbond substituents is 1. The van der Waals surface area contributed by atoms with E-state index in [0.717, 1.165) is 31.7 Å². The summed E-state index contributed by atoms with van der Waals surface area (Å²) in [6, 6.07) is 4.80. The number of aryl methyl sites for hydroxylation is 1. The lowest BCUT2D eigenvalue weighted by Gasteiger charge is -2.35. The number of thiophene rings is 1. The molecular formula is C16H19FN2OS. The van der Waals surface area contributed by atoms with Crippen LogP contribution in [0.25, 0.3) is 0 Å². The number of nitrogens with zero attached hydrogens (tertiary/aromatic N) is 1. The van der Waals surface area contributed by atoms with Gasteiger partial charge in [0.25, 0.3) is 0 Å². The minimum Gasteiger partial charge on any atom is -0.507 e. The molecule has 21 heavy (non-hydrogen) atoms. The predicted octanol–water partition coefficient (Wildman–Crippen LogP) is 2.90. The summed E-state index contributed by atoms with van der Waals surface area (Å²) in [6.45, 7) is 5.33. The first-order valence-electron chi connectivity index (χ1n) is 7.12. The SMILES string of the molecule is Cc1cc(F)cc([C@@H](c2ccsc2)N2CCNCC2)c1O. The fourth-order valence-corrected chi connectivity index (χ4v) is 3.61. The normalized spacial score (nSPS) is 17.8. The Labute approximate surface area is 128 Å². The topological polar surface area (TPSA) is 35.5 Å². The number of hydrogen-bond donors (Lipinski definition) is 2. The Morgan fingerprint density at radius 3 is 2.76 bits per heavy atom. The summed E-state index contributed by atoms with van der Waals surface area (Å²) in [5.41, 5.74) is 2.36. The van der Waals surface area contributed by atoms with Crippen molar-refractivity contribution in [2.45, 2.75) is 13.0 Å². The first kappa shape index (κ1) is 14.5. The van der Waals surface area contributed by atoms with Crippen LogP contribution < -0.4 is 5.32 Å². The van der Waals surface area contributed by atoms with Gasteiger partial charge < -0.3 is 10.4 Å². The van der Waals surface area contributed by atoms with E-state index >= 15 is 0 Å². The molecule has 3 rings (SSSR count). The molecule has 2 N–H and O–H groups in total. The highest BCUT2D eigenvalue weighted by molar-refractivity contribution is 7.08. The maximum Gasteiger partial charge on any atom is 0.124 e. The molecule has 2 aromatic rings. The van der Waals surface area contributed by atoms with Crippen molar-refractivity contribution in [2.75, 3.05) is 26.2 Å². The van der Waals surface area contributed by atoms with Crippen LogP contribution in [0.3, 0.4) is 0 Å². The molecule has 1 aromatic heterocycles. The maximum atomic E-state index is 13.8. The molecule has 0 unspecified atom stereocenters. The van der Waals surface area contributed by atoms with Gasteiger partial charge in [-0.1, -0.05) is 0 Å². The van der Waals surface area contributed by atoms with Crippen LogP contribution in [0.1, 0.15) is 22.7 Å². The van der Waals surface area contributed by atoms with E-state index in [1.807, 2.05) is 5.38 Å². The lowest BCUT2D eigenvalue weighted by atomic mass is 9.96. The Morgan fingerprint density at radius 1 is 1.33 bits per heavy atom. The van der Waals surface area contributed by atoms with Crippen molar-refractivity contribution in [1.29, 1.82) is 0 Å². The molecule has 0 aliphatic carbocycles. The number of nitrogens with one attached hydrogen (secondary N) is 1. The fourth-order valence-electron chi connectivity index (χ4n) is 2.93. The summed E-state index contributed by atoms with van der Waals surface area (Å²) in [7, 11) is 0. The molecule has 5 heteroatoms. The van der Waals surface area contributed by atoms with E-state index in [0.29, 0.717) is 11.1 Å². The highest BCUT2D eigenvalue weighted by Crippen LogP contribution is 2.37. The summed E-state index contributed by atoms with van der Waals surface area (Å²) in [6.07, 6.45) is 0. The van der Waals surface area contributed by atoms with Gasteiger partial charge in [0.1, 0.15) is 11.6 Å². The zero-order valence-electron chi connectivity index (χ0n) is 12.0. The van der Waals surface area contributed by atoms with E-state index in [2.05, 4.69) is 21.7 Å². The average molecular weight is 306 g/mol. The van der Waals surface area contributed by atoms with Gasteiger partial charge in [0.05, 0.1) is 6.04 Å². The Hall–Kier alpha value is -1.43. The minimum atomic E-state index is -0.296. The highest BCUT2D eigenvalue weighted by atomic mass is 32.1. The van der Waals surface area contributed by atoms with Crippen LogP contribution in [0.4, 0.5) is 4.39 Å². The molecule has 112 valence electrons. The summed E-state index contributed by atoms with van der Waals surface area (Å²) in [5.74, 6) is -0.0956. The first-order chi connectivity index (χ1) is 10.2. The van der Waals surface area contributed by atoms with Crippen LogP contribution in [0.15, 0.2) is 29.0 Å². The Morgan fingerprint density at radius 2 is 2.10 bits per heavy atom. The molecule has 0 saturated carbocycles. The lowest BCUT2D eigenvalue weighted by molar-refractivity contribution is 0.195. The van der Waals surface area contributed by atoms with Crippen molar-refractivity contribution < 1.29 is 9.50 Å². The lowest BCUT2D eigenvalue weighted by Crippen LogP contribution is -2.45. The minimum absolute atomic E-state index is 0.0900. The third-order valence-corrected chi connectivity index (χ3v) is 4.67. The molecule has 0 bridgehead atoms. The molecular weight excluding hydrogens is 287 g/mol. The van der Waals surface area contributed by atoms with Crippen LogP contribution >= 0.6 is 11.3 Å². The molecule has 0 amide bonds. The van der Waals surface area contributed by atoms with Crippen molar-refractivity contribution in [3.63, 3.8) is 0 Å². The number of aromatic hydroxyl groups is 1. The van der Waals surface area contributed by atoms with Crippen LogP contribution in [0.5, 0.6) is 5.75 Å². The third kappa shape index (κ3) is 2.95. The number of rotatable bonds is 3. The van der Waals surface area contributed by atoms with Crippen molar-refractivity contribution in [3.05, 3.63) is 51.5 Å². The monoisotopic (exact) mass is 306 g/mol. The Balaban J connectivity index is 2.07. The number of phenols is 1. The van der Waals surface area contributed by atoms with Crippen molar-refractivity contribution >= 4 is 11.3 Å². The highest BCUT2D eigenvalue weighted by Gasteiger charge is 2.27. The summed E-state index contributed by atoms with van der Waals surface area (Å²) in [4.78, 5) is 2.30. The van der Waals surface area contributed by atoms with Crippen molar-refractivity contribution in [3.8, 4) is 5.75 Å². The summed E-state index contributed by atoms with van der Waals surface area (Å²) < 4.78 is 13.8. The van der Waals surface area contributed by atoms with Crippen LogP contribution in [0, 0.1) is 12.7 Å². The summed E-state index contributed by atoms with van der Waals surface area (Å²) >= 11 is 1.62. The molecule has 2 heterocycles. The molecule has 1 fully saturated rings. The van der Waals surface area contributed by atoms with Gasteiger partial charge in [-0.05, 0) is 47.0 Å². The molecule has 0 spiro atoms. The Kier molecular flexibility index (Phi) is 4.24. The van der Waals surface area contributed by atoms with Crippen LogP contribution in [0.2, 0.25) is 0 Å². The number of benzene rings is 1. The standard InChI is InChI=1S/C16H19FN2OS/c1-11-8-13(17)9-14(16(11)20)15(12-2-7-21-10-12)19-5-3-18-4-6-19/h2,7-10,15,18,20H,3-6H2,1H3/t15-/m1/s1. The van der Waals surface area contributed by atoms with Crippen LogP contribution in [-0.4, -0.2) is 36.2 Å². The predicted molar refractivity (Wildman–Crippen MR) is 83.4 cm³/mol. The van der Waals surface area contributed by atoms with Gasteiger partial charge in [-0.15, -0.1) is 0 Å². The second-order valence-corrected chi connectivity index (χ2v) is 6.19. The quantitative estimate of drug-likeness (QED) is 0.915. The van der Waals surface area contributed by atoms with E-state index < -0.39 is 0 Å². The van der Waals surface area contributed by atoms with Gasteiger partial charge in [-0.3, -0.25) is 4.90 Å². The zero-order valence-corrected chi connectivity index (χ0v) is 12.8. The molecule has 1 aromatic carbocycles. The number of halogens is 1. The van der Waals surface area contributed by atoms with Crippen molar-refractivity contribution in [2.24, 2.45) is 0 Å². The Bertz CT molecular complexity index is 609. The van der Waals surface area contributed by atoms with E-state index in [-0.39, 0.29) is 17.6 Å². The van der Waals surface area contributed by atoms with Gasteiger partial charge in [0, 0.05) is 31.7 Å². The second-order valence-electron chi connectivity index (χ2n) is 5.41. The van der Waals surface area contributed by atoms with Gasteiger partial charge in [-0.2, -0.15) is 11.3 Å². The van der Waals surface area contributed by atoms with Gasteiger partial charge in [0.15, 0.2) is 0 Å². The maximum absolute atomic E-state index is 13.8. The molecule has 1 aliphatic rings. The van der Waals surface area contributed by atoms with Gasteiger partial charge >= 0.3 is 0 Å². The third-order valence-electron chi connectivity index (χ3n) is 3.96. The van der Waals surface area contributed by atoms with E-state index in [4.69, 9.17) is 0 Å². The second kappa shape index (κ2) is 6.13. The van der Waals surface area contributed by atoms with Crippen LogP contribution in [-0.2, 0) is 0 Å². The van der Waals surface area contributed by atoms with Gasteiger partial charge in [0.2, 0.25) is 0 Å². The van der Waals surface area contributed by atoms with E-state index in [1.165, 1.54) is 12.1 Å². The smallest absolute Gasteiger partial charge is 0.124 e. The van der Waals surface area contributed by atoms with Crippen molar-refractivity contribution in [1.82, 2.24) is 10.2 Å². The molecule has 1 saturated heterocycles. The molecule has 1 atom stereocenters. The largest absolute Gasteiger partial charge is 0.507 e. The number of piperazine rings is 1. The van der Waals surface area contributed by atoms with E-state index in [1.54, 1.807) is 18.3 Å². The average Bonchev–Trinajstić information content (AvgIpc) is 2.99. The zero-order chi connectivity index (χ0) is 14.8. The molecule has 3 nitrogen and oxygen atoms in total. The van der Waals surface area contributed by atoms with Gasteiger partial charge in [-0.25, -0.2) is 4.39 Å². The first-order valence-corrected chi connectivity index (χ1v) is 8.07. The molecule has 0 radical (unpaired) electrons. The van der Waals surface area contributed by atoms with E-state index in [9.17, 15) is 9.50 Å².